The van der Waals surface area contributed by atoms with Gasteiger partial charge in [-0.3, -0.25) is 4.99 Å². The Morgan fingerprint density at radius 2 is 2.06 bits per heavy atom. The summed E-state index contributed by atoms with van der Waals surface area (Å²) in [5.41, 5.74) is 7.60. The van der Waals surface area contributed by atoms with Gasteiger partial charge in [-0.05, 0) is 23.8 Å². The Morgan fingerprint density at radius 1 is 1.33 bits per heavy atom. The Hall–Kier alpha value is -1.51. The summed E-state index contributed by atoms with van der Waals surface area (Å²) in [5, 5.41) is 0. The highest BCUT2D eigenvalue weighted by Gasteiger charge is 2.55. The van der Waals surface area contributed by atoms with E-state index < -0.39 is 0 Å². The molecule has 3 rings (SSSR count). The van der Waals surface area contributed by atoms with Crippen LogP contribution in [-0.4, -0.2) is 22.9 Å². The van der Waals surface area contributed by atoms with Gasteiger partial charge in [-0.2, -0.15) is 0 Å². The van der Waals surface area contributed by atoms with Gasteiger partial charge in [0.15, 0.2) is 5.96 Å². The van der Waals surface area contributed by atoms with E-state index in [0.29, 0.717) is 5.92 Å². The molecule has 0 bridgehead atoms. The van der Waals surface area contributed by atoms with Crippen molar-refractivity contribution in [1.82, 2.24) is 4.90 Å². The fourth-order valence-electron chi connectivity index (χ4n) is 3.48. The number of guanidine groups is 1. The van der Waals surface area contributed by atoms with Crippen LogP contribution in [0, 0.1) is 11.8 Å². The topological polar surface area (TPSA) is 41.6 Å². The maximum atomic E-state index is 6.10. The van der Waals surface area contributed by atoms with Crippen LogP contribution in [0.2, 0.25) is 0 Å². The Morgan fingerprint density at radius 3 is 2.67 bits per heavy atom. The van der Waals surface area contributed by atoms with E-state index >= 15 is 0 Å². The zero-order valence-corrected chi connectivity index (χ0v) is 11.1. The molecule has 0 radical (unpaired) electrons. The van der Waals surface area contributed by atoms with Crippen molar-refractivity contribution in [3.05, 3.63) is 35.9 Å². The lowest BCUT2D eigenvalue weighted by Gasteiger charge is -2.55. The second-order valence-corrected chi connectivity index (χ2v) is 5.82. The summed E-state index contributed by atoms with van der Waals surface area (Å²) >= 11 is 0. The molecular formula is C15H21N3. The minimum atomic E-state index is 0.194. The number of benzene rings is 1. The van der Waals surface area contributed by atoms with Crippen molar-refractivity contribution < 1.29 is 0 Å². The van der Waals surface area contributed by atoms with E-state index in [-0.39, 0.29) is 5.54 Å². The second kappa shape index (κ2) is 4.01. The summed E-state index contributed by atoms with van der Waals surface area (Å²) < 4.78 is 0. The van der Waals surface area contributed by atoms with Gasteiger partial charge in [0.2, 0.25) is 0 Å². The van der Waals surface area contributed by atoms with Gasteiger partial charge < -0.3 is 10.6 Å². The van der Waals surface area contributed by atoms with Crippen molar-refractivity contribution in [2.24, 2.45) is 22.6 Å². The summed E-state index contributed by atoms with van der Waals surface area (Å²) in [4.78, 5) is 6.82. The first kappa shape index (κ1) is 11.6. The molecule has 96 valence electrons. The summed E-state index contributed by atoms with van der Waals surface area (Å²) in [6.45, 7) is 6.41. The monoisotopic (exact) mass is 243 g/mol. The summed E-state index contributed by atoms with van der Waals surface area (Å²) in [7, 11) is 0. The maximum absolute atomic E-state index is 6.10. The summed E-state index contributed by atoms with van der Waals surface area (Å²) in [6.07, 6.45) is 1.21. The predicted octanol–water partition coefficient (Wildman–Crippen LogP) is 2.23. The largest absolute Gasteiger partial charge is 0.370 e. The van der Waals surface area contributed by atoms with Gasteiger partial charge in [-0.25, -0.2) is 0 Å². The number of nitrogens with zero attached hydrogens (tertiary/aromatic N) is 2. The molecule has 1 saturated carbocycles. The van der Waals surface area contributed by atoms with Crippen LogP contribution in [-0.2, 0) is 6.54 Å². The Labute approximate surface area is 109 Å². The normalized spacial score (nSPS) is 34.6. The van der Waals surface area contributed by atoms with Gasteiger partial charge in [-0.1, -0.05) is 44.2 Å². The van der Waals surface area contributed by atoms with E-state index in [2.05, 4.69) is 54.1 Å². The molecule has 18 heavy (non-hydrogen) atoms. The third kappa shape index (κ3) is 1.53. The highest BCUT2D eigenvalue weighted by Crippen LogP contribution is 2.50. The van der Waals surface area contributed by atoms with Crippen LogP contribution in [0.25, 0.3) is 0 Å². The molecule has 3 unspecified atom stereocenters. The van der Waals surface area contributed by atoms with Crippen molar-refractivity contribution in [1.29, 1.82) is 0 Å². The zero-order chi connectivity index (χ0) is 12.8. The van der Waals surface area contributed by atoms with E-state index in [0.717, 1.165) is 25.0 Å². The first-order valence-corrected chi connectivity index (χ1v) is 6.75. The highest BCUT2D eigenvalue weighted by molar-refractivity contribution is 5.81. The molecule has 1 fully saturated rings. The lowest BCUT2D eigenvalue weighted by atomic mass is 9.60. The third-order valence-electron chi connectivity index (χ3n) is 4.89. The molecule has 2 aliphatic rings. The average Bonchev–Trinajstić information content (AvgIpc) is 2.71. The third-order valence-corrected chi connectivity index (χ3v) is 4.89. The van der Waals surface area contributed by atoms with Crippen LogP contribution < -0.4 is 5.73 Å². The SMILES string of the molecule is CC1CC2(CN=C(N)N2Cc2ccccc2)C1C. The zero-order valence-electron chi connectivity index (χ0n) is 11.1. The highest BCUT2D eigenvalue weighted by atomic mass is 15.4. The Bertz CT molecular complexity index is 468. The first-order chi connectivity index (χ1) is 8.63. The summed E-state index contributed by atoms with van der Waals surface area (Å²) in [5.74, 6) is 2.17. The average molecular weight is 243 g/mol. The quantitative estimate of drug-likeness (QED) is 0.865. The fraction of sp³-hybridized carbons (Fsp3) is 0.533. The molecule has 1 aliphatic heterocycles. The molecule has 3 heteroatoms. The number of rotatable bonds is 2. The van der Waals surface area contributed by atoms with Gasteiger partial charge in [0.25, 0.3) is 0 Å². The minimum absolute atomic E-state index is 0.194. The molecule has 1 aliphatic carbocycles. The van der Waals surface area contributed by atoms with E-state index in [1.807, 2.05) is 0 Å². The molecular weight excluding hydrogens is 222 g/mol. The molecule has 3 nitrogen and oxygen atoms in total. The Balaban J connectivity index is 1.83. The van der Waals surface area contributed by atoms with Crippen LogP contribution in [0.5, 0.6) is 0 Å². The van der Waals surface area contributed by atoms with Gasteiger partial charge >= 0.3 is 0 Å². The van der Waals surface area contributed by atoms with Crippen molar-refractivity contribution in [2.75, 3.05) is 6.54 Å². The van der Waals surface area contributed by atoms with Gasteiger partial charge in [0, 0.05) is 6.54 Å². The van der Waals surface area contributed by atoms with E-state index in [4.69, 9.17) is 5.73 Å². The van der Waals surface area contributed by atoms with Gasteiger partial charge in [0.1, 0.15) is 0 Å². The maximum Gasteiger partial charge on any atom is 0.192 e. The van der Waals surface area contributed by atoms with Crippen LogP contribution in [0.15, 0.2) is 35.3 Å². The van der Waals surface area contributed by atoms with Crippen LogP contribution >= 0.6 is 0 Å². The van der Waals surface area contributed by atoms with Gasteiger partial charge in [0.05, 0.1) is 12.1 Å². The molecule has 3 atom stereocenters. The molecule has 0 saturated heterocycles. The molecule has 2 N–H and O–H groups in total. The lowest BCUT2D eigenvalue weighted by molar-refractivity contribution is -0.0254. The first-order valence-electron chi connectivity index (χ1n) is 6.75. The van der Waals surface area contributed by atoms with Crippen molar-refractivity contribution in [2.45, 2.75) is 32.4 Å². The van der Waals surface area contributed by atoms with Crippen LogP contribution in [0.4, 0.5) is 0 Å². The molecule has 1 spiro atoms. The van der Waals surface area contributed by atoms with Gasteiger partial charge in [-0.15, -0.1) is 0 Å². The molecule has 0 amide bonds. The Kier molecular flexibility index (Phi) is 2.58. The molecule has 1 heterocycles. The van der Waals surface area contributed by atoms with Crippen molar-refractivity contribution in [3.63, 3.8) is 0 Å². The predicted molar refractivity (Wildman–Crippen MR) is 74.2 cm³/mol. The second-order valence-electron chi connectivity index (χ2n) is 5.82. The molecule has 1 aromatic carbocycles. The number of aliphatic imine (C=N–C) groups is 1. The van der Waals surface area contributed by atoms with Crippen molar-refractivity contribution in [3.8, 4) is 0 Å². The van der Waals surface area contributed by atoms with Crippen molar-refractivity contribution >= 4 is 5.96 Å². The van der Waals surface area contributed by atoms with E-state index in [1.54, 1.807) is 0 Å². The molecule has 0 aromatic heterocycles. The van der Waals surface area contributed by atoms with Crippen LogP contribution in [0.3, 0.4) is 0 Å². The number of hydrogen-bond acceptors (Lipinski definition) is 3. The summed E-state index contributed by atoms with van der Waals surface area (Å²) in [6, 6.07) is 10.5. The smallest absolute Gasteiger partial charge is 0.192 e. The lowest BCUT2D eigenvalue weighted by Crippen LogP contribution is -2.63. The van der Waals surface area contributed by atoms with E-state index in [9.17, 15) is 0 Å². The fourth-order valence-corrected chi connectivity index (χ4v) is 3.48. The van der Waals surface area contributed by atoms with Crippen LogP contribution in [0.1, 0.15) is 25.8 Å². The minimum Gasteiger partial charge on any atom is -0.370 e. The standard InChI is InChI=1S/C15H21N3/c1-11-8-15(12(11)2)10-17-14(16)18(15)9-13-6-4-3-5-7-13/h3-7,11-12H,8-10H2,1-2H3,(H2,16,17). The molecule has 1 aromatic rings. The number of nitrogens with two attached hydrogens (primary N) is 1. The van der Waals surface area contributed by atoms with E-state index in [1.165, 1.54) is 12.0 Å². The number of hydrogen-bond donors (Lipinski definition) is 1.